The molecule has 3 saturated heterocycles. The zero-order valence-corrected chi connectivity index (χ0v) is 15.6. The normalized spacial score (nSPS) is 28.1. The van der Waals surface area contributed by atoms with Crippen molar-refractivity contribution in [1.29, 1.82) is 0 Å². The molecule has 2 bridgehead atoms. The third-order valence-corrected chi connectivity index (χ3v) is 7.28. The van der Waals surface area contributed by atoms with E-state index in [0.29, 0.717) is 16.8 Å². The number of halogens is 1. The van der Waals surface area contributed by atoms with E-state index in [2.05, 4.69) is 22.1 Å². The molecule has 5 rings (SSSR count). The Balaban J connectivity index is 1.41. The summed E-state index contributed by atoms with van der Waals surface area (Å²) < 4.78 is 13.8. The number of rotatable bonds is 4. The second kappa shape index (κ2) is 7.05. The number of amides is 1. The lowest BCUT2D eigenvalue weighted by atomic mass is 9.79. The van der Waals surface area contributed by atoms with Gasteiger partial charge in [0.1, 0.15) is 10.7 Å². The molecule has 0 radical (unpaired) electrons. The van der Waals surface area contributed by atoms with Gasteiger partial charge in [-0.15, -0.1) is 11.3 Å². The molecule has 0 aliphatic carbocycles. The van der Waals surface area contributed by atoms with Gasteiger partial charge in [0.15, 0.2) is 4.34 Å². The number of nitrogens with zero attached hydrogens (tertiary/aromatic N) is 2. The van der Waals surface area contributed by atoms with Crippen molar-refractivity contribution in [3.8, 4) is 0 Å². The van der Waals surface area contributed by atoms with Crippen molar-refractivity contribution in [2.24, 2.45) is 5.92 Å². The van der Waals surface area contributed by atoms with Crippen LogP contribution in [0.5, 0.6) is 0 Å². The fourth-order valence-corrected chi connectivity index (χ4v) is 5.64. The van der Waals surface area contributed by atoms with Crippen LogP contribution in [0.1, 0.15) is 29.4 Å². The molecule has 1 aromatic heterocycles. The van der Waals surface area contributed by atoms with Crippen LogP contribution >= 0.6 is 23.1 Å². The Kier molecular flexibility index (Phi) is 4.80. The fraction of sp³-hybridized carbons (Fsp3) is 0.444. The predicted octanol–water partition coefficient (Wildman–Crippen LogP) is 3.65. The van der Waals surface area contributed by atoms with E-state index in [1.165, 1.54) is 48.1 Å². The zero-order chi connectivity index (χ0) is 17.4. The van der Waals surface area contributed by atoms with Crippen LogP contribution in [0.15, 0.2) is 39.7 Å². The van der Waals surface area contributed by atoms with Gasteiger partial charge in [0.25, 0.3) is 5.91 Å². The van der Waals surface area contributed by atoms with E-state index in [4.69, 9.17) is 0 Å². The van der Waals surface area contributed by atoms with Crippen molar-refractivity contribution >= 4 is 29.0 Å². The van der Waals surface area contributed by atoms with E-state index in [9.17, 15) is 9.18 Å². The van der Waals surface area contributed by atoms with Crippen LogP contribution in [0.2, 0.25) is 0 Å². The Morgan fingerprint density at radius 3 is 2.72 bits per heavy atom. The fourth-order valence-electron chi connectivity index (χ4n) is 3.78. The topological polar surface area (TPSA) is 45.2 Å². The largest absolute Gasteiger partial charge is 0.347 e. The number of benzene rings is 1. The van der Waals surface area contributed by atoms with Crippen molar-refractivity contribution in [3.63, 3.8) is 0 Å². The molecule has 3 aliphatic rings. The maximum absolute atomic E-state index is 13.0. The van der Waals surface area contributed by atoms with Gasteiger partial charge in [-0.05, 0) is 63.0 Å². The van der Waals surface area contributed by atoms with Gasteiger partial charge in [0, 0.05) is 17.0 Å². The third kappa shape index (κ3) is 3.59. The summed E-state index contributed by atoms with van der Waals surface area (Å²) in [5.41, 5.74) is 0. The molecular weight excluding hydrogens is 357 g/mol. The number of carbonyl (C=O) groups is 1. The number of piperidine rings is 3. The van der Waals surface area contributed by atoms with E-state index >= 15 is 0 Å². The Morgan fingerprint density at radius 1 is 1.32 bits per heavy atom. The molecule has 2 atom stereocenters. The molecule has 7 heteroatoms. The van der Waals surface area contributed by atoms with Gasteiger partial charge in [-0.3, -0.25) is 9.69 Å². The summed E-state index contributed by atoms with van der Waals surface area (Å²) in [5.74, 6) is 0.300. The number of hydrogen-bond acceptors (Lipinski definition) is 5. The highest BCUT2D eigenvalue weighted by molar-refractivity contribution is 8.01. The number of aromatic nitrogens is 1. The van der Waals surface area contributed by atoms with E-state index in [-0.39, 0.29) is 17.8 Å². The monoisotopic (exact) mass is 377 g/mol. The van der Waals surface area contributed by atoms with Crippen molar-refractivity contribution in [1.82, 2.24) is 15.2 Å². The summed E-state index contributed by atoms with van der Waals surface area (Å²) in [7, 11) is 0. The molecule has 2 aromatic rings. The second-order valence-corrected chi connectivity index (χ2v) is 9.01. The maximum atomic E-state index is 13.0. The van der Waals surface area contributed by atoms with Crippen molar-refractivity contribution in [3.05, 3.63) is 41.2 Å². The smallest absolute Gasteiger partial charge is 0.263 e. The highest BCUT2D eigenvalue weighted by atomic mass is 32.2. The standard InChI is InChI=1S/C18H20FN3OS2/c1-11-16(12-6-8-22(11)9-7-12)21-17(23)15-10-20-18(25-15)24-14-4-2-13(19)3-5-14/h2-5,10-12,16H,6-9H2,1H3,(H,21,23)/t11-,16+/m1/s1. The summed E-state index contributed by atoms with van der Waals surface area (Å²) in [5, 5.41) is 3.23. The van der Waals surface area contributed by atoms with Crippen molar-refractivity contribution in [2.45, 2.75) is 41.1 Å². The number of hydrogen-bond donors (Lipinski definition) is 1. The molecular formula is C18H20FN3OS2. The summed E-state index contributed by atoms with van der Waals surface area (Å²) in [6.45, 7) is 4.51. The minimum atomic E-state index is -0.254. The molecule has 3 fully saturated rings. The maximum Gasteiger partial charge on any atom is 0.263 e. The quantitative estimate of drug-likeness (QED) is 0.883. The Bertz CT molecular complexity index is 754. The van der Waals surface area contributed by atoms with Gasteiger partial charge in [-0.1, -0.05) is 11.8 Å². The summed E-state index contributed by atoms with van der Waals surface area (Å²) in [6, 6.07) is 6.92. The molecule has 0 unspecified atom stereocenters. The minimum absolute atomic E-state index is 0.0333. The molecule has 1 N–H and O–H groups in total. The Hall–Kier alpha value is -1.44. The average Bonchev–Trinajstić information content (AvgIpc) is 3.09. The van der Waals surface area contributed by atoms with Crippen LogP contribution in [0.25, 0.3) is 0 Å². The second-order valence-electron chi connectivity index (χ2n) is 6.66. The highest BCUT2D eigenvalue weighted by Gasteiger charge is 2.40. The van der Waals surface area contributed by atoms with Crippen molar-refractivity contribution in [2.75, 3.05) is 13.1 Å². The van der Waals surface area contributed by atoms with Crippen LogP contribution in [0, 0.1) is 11.7 Å². The van der Waals surface area contributed by atoms with Gasteiger partial charge >= 0.3 is 0 Å². The first-order valence-corrected chi connectivity index (χ1v) is 10.2. The van der Waals surface area contributed by atoms with E-state index in [1.807, 2.05) is 0 Å². The number of fused-ring (bicyclic) bond motifs is 3. The van der Waals surface area contributed by atoms with Gasteiger partial charge in [0.2, 0.25) is 0 Å². The summed E-state index contributed by atoms with van der Waals surface area (Å²) in [4.78, 5) is 21.0. The van der Waals surface area contributed by atoms with Crippen LogP contribution in [-0.2, 0) is 0 Å². The lowest BCUT2D eigenvalue weighted by Gasteiger charge is -2.49. The lowest BCUT2D eigenvalue weighted by Crippen LogP contribution is -2.62. The predicted molar refractivity (Wildman–Crippen MR) is 97.7 cm³/mol. The molecule has 0 spiro atoms. The average molecular weight is 378 g/mol. The zero-order valence-electron chi connectivity index (χ0n) is 13.9. The number of carbonyl (C=O) groups excluding carboxylic acids is 1. The van der Waals surface area contributed by atoms with Gasteiger partial charge in [0.05, 0.1) is 6.20 Å². The SMILES string of the molecule is C[C@@H]1[C@H](NC(=O)c2cnc(Sc3ccc(F)cc3)s2)C2CCN1CC2. The van der Waals surface area contributed by atoms with E-state index in [1.54, 1.807) is 18.3 Å². The molecule has 1 aromatic carbocycles. The molecule has 1 amide bonds. The van der Waals surface area contributed by atoms with Gasteiger partial charge in [-0.25, -0.2) is 9.37 Å². The molecule has 25 heavy (non-hydrogen) atoms. The molecule has 3 aliphatic heterocycles. The first-order chi connectivity index (χ1) is 12.1. The minimum Gasteiger partial charge on any atom is -0.347 e. The number of thiazole rings is 1. The molecule has 132 valence electrons. The van der Waals surface area contributed by atoms with Crippen molar-refractivity contribution < 1.29 is 9.18 Å². The third-order valence-electron chi connectivity index (χ3n) is 5.20. The van der Waals surface area contributed by atoms with Crippen LogP contribution in [0.4, 0.5) is 4.39 Å². The molecule has 4 nitrogen and oxygen atoms in total. The van der Waals surface area contributed by atoms with E-state index in [0.717, 1.165) is 22.3 Å². The molecule has 4 heterocycles. The first kappa shape index (κ1) is 17.0. The Labute approximate surface area is 154 Å². The summed E-state index contributed by atoms with van der Waals surface area (Å²) in [6.07, 6.45) is 3.98. The van der Waals surface area contributed by atoms with Gasteiger partial charge in [-0.2, -0.15) is 0 Å². The van der Waals surface area contributed by atoms with E-state index < -0.39 is 0 Å². The highest BCUT2D eigenvalue weighted by Crippen LogP contribution is 2.34. The lowest BCUT2D eigenvalue weighted by molar-refractivity contribution is 0.0218. The summed E-state index contributed by atoms with van der Waals surface area (Å²) >= 11 is 2.83. The van der Waals surface area contributed by atoms with Crippen LogP contribution in [-0.4, -0.2) is 41.0 Å². The van der Waals surface area contributed by atoms with Crippen LogP contribution in [0.3, 0.4) is 0 Å². The first-order valence-electron chi connectivity index (χ1n) is 8.54. The Morgan fingerprint density at radius 2 is 2.04 bits per heavy atom. The van der Waals surface area contributed by atoms with Gasteiger partial charge < -0.3 is 5.32 Å². The number of nitrogens with one attached hydrogen (secondary N) is 1. The molecule has 0 saturated carbocycles. The van der Waals surface area contributed by atoms with Crippen LogP contribution < -0.4 is 5.32 Å².